The minimum Gasteiger partial charge on any atom is -0.371 e. The molecule has 0 aromatic carbocycles. The van der Waals surface area contributed by atoms with Crippen LogP contribution < -0.4 is 10.6 Å². The Kier molecular flexibility index (Phi) is 6.28. The molecule has 0 atom stereocenters. The molecule has 0 spiro atoms. The lowest BCUT2D eigenvalue weighted by molar-refractivity contribution is -0.137. The number of nitrogens with zero attached hydrogens (tertiary/aromatic N) is 3. The second kappa shape index (κ2) is 8.46. The van der Waals surface area contributed by atoms with Crippen molar-refractivity contribution in [2.75, 3.05) is 23.4 Å². The summed E-state index contributed by atoms with van der Waals surface area (Å²) in [5.74, 6) is -0.921. The van der Waals surface area contributed by atoms with Crippen molar-refractivity contribution in [1.29, 1.82) is 0 Å². The number of pyridine rings is 2. The zero-order valence-corrected chi connectivity index (χ0v) is 18.7. The van der Waals surface area contributed by atoms with Gasteiger partial charge >= 0.3 is 6.18 Å². The molecule has 0 aliphatic rings. The van der Waals surface area contributed by atoms with Crippen molar-refractivity contribution in [2.45, 2.75) is 24.4 Å². The van der Waals surface area contributed by atoms with E-state index in [1.807, 2.05) is 0 Å². The first-order chi connectivity index (χ1) is 14.5. The minimum atomic E-state index is -4.64. The maximum atomic E-state index is 13.0. The lowest BCUT2D eigenvalue weighted by atomic mass is 10.2. The molecule has 1 amide bonds. The SMILES string of the molecule is CCS(=O)(=O)c1c(CC(=O)Nc2cc(C(F)(F)F)cnc2NC)nn2cc(Br)ccc12. The molecule has 0 unspecified atom stereocenters. The van der Waals surface area contributed by atoms with Crippen LogP contribution >= 0.6 is 15.9 Å². The van der Waals surface area contributed by atoms with Crippen LogP contribution in [0.3, 0.4) is 0 Å². The van der Waals surface area contributed by atoms with Crippen LogP contribution in [0.1, 0.15) is 18.2 Å². The van der Waals surface area contributed by atoms with Gasteiger partial charge in [0.25, 0.3) is 0 Å². The zero-order chi connectivity index (χ0) is 23.0. The summed E-state index contributed by atoms with van der Waals surface area (Å²) >= 11 is 3.27. The summed E-state index contributed by atoms with van der Waals surface area (Å²) in [6, 6.07) is 3.95. The molecule has 13 heteroatoms. The van der Waals surface area contributed by atoms with Gasteiger partial charge < -0.3 is 10.6 Å². The van der Waals surface area contributed by atoms with E-state index in [4.69, 9.17) is 0 Å². The van der Waals surface area contributed by atoms with E-state index in [-0.39, 0.29) is 27.8 Å². The summed E-state index contributed by atoms with van der Waals surface area (Å²) < 4.78 is 66.3. The van der Waals surface area contributed by atoms with Gasteiger partial charge in [-0.25, -0.2) is 17.9 Å². The molecule has 0 aliphatic carbocycles. The Hall–Kier alpha value is -2.67. The standard InChI is InChI=1S/C18H17BrF3N5O3S/c1-3-31(29,30)16-12(26-27-9-11(19)4-5-14(16)27)7-15(28)25-13-6-10(18(20,21)22)8-24-17(13)23-2/h4-6,8-9H,3,7H2,1-2H3,(H,23,24)(H,25,28). The normalized spacial score (nSPS) is 12.2. The Bertz CT molecular complexity index is 1260. The second-order valence-electron chi connectivity index (χ2n) is 6.45. The number of amides is 1. The highest BCUT2D eigenvalue weighted by atomic mass is 79.9. The molecule has 0 bridgehead atoms. The van der Waals surface area contributed by atoms with Crippen molar-refractivity contribution >= 4 is 48.7 Å². The fourth-order valence-electron chi connectivity index (χ4n) is 2.91. The monoisotopic (exact) mass is 519 g/mol. The van der Waals surface area contributed by atoms with Crippen LogP contribution in [0.4, 0.5) is 24.7 Å². The number of carbonyl (C=O) groups excluding carboxylic acids is 1. The van der Waals surface area contributed by atoms with Crippen molar-refractivity contribution < 1.29 is 26.4 Å². The molecular weight excluding hydrogens is 503 g/mol. The van der Waals surface area contributed by atoms with Gasteiger partial charge in [0.05, 0.1) is 34.6 Å². The predicted molar refractivity (Wildman–Crippen MR) is 112 cm³/mol. The number of hydrogen-bond acceptors (Lipinski definition) is 6. The Morgan fingerprint density at radius 2 is 2.00 bits per heavy atom. The molecule has 3 rings (SSSR count). The summed E-state index contributed by atoms with van der Waals surface area (Å²) in [5, 5.41) is 9.16. The van der Waals surface area contributed by atoms with Crippen LogP contribution in [0.25, 0.3) is 5.52 Å². The second-order valence-corrected chi connectivity index (χ2v) is 9.58. The van der Waals surface area contributed by atoms with E-state index < -0.39 is 33.9 Å². The highest BCUT2D eigenvalue weighted by Gasteiger charge is 2.32. The van der Waals surface area contributed by atoms with Gasteiger partial charge in [-0.3, -0.25) is 4.79 Å². The van der Waals surface area contributed by atoms with Crippen molar-refractivity contribution in [3.8, 4) is 0 Å². The number of aromatic nitrogens is 3. The maximum Gasteiger partial charge on any atom is 0.417 e. The van der Waals surface area contributed by atoms with Gasteiger partial charge in [0.1, 0.15) is 10.7 Å². The third-order valence-corrected chi connectivity index (χ3v) is 6.66. The highest BCUT2D eigenvalue weighted by Crippen LogP contribution is 2.33. The average Bonchev–Trinajstić information content (AvgIpc) is 3.04. The molecule has 3 aromatic rings. The van der Waals surface area contributed by atoms with E-state index in [2.05, 4.69) is 36.6 Å². The molecule has 2 N–H and O–H groups in total. The number of sulfone groups is 1. The smallest absolute Gasteiger partial charge is 0.371 e. The zero-order valence-electron chi connectivity index (χ0n) is 16.3. The number of rotatable bonds is 6. The maximum absolute atomic E-state index is 13.0. The molecule has 3 heterocycles. The lowest BCUT2D eigenvalue weighted by Crippen LogP contribution is -2.19. The van der Waals surface area contributed by atoms with Gasteiger partial charge in [-0.1, -0.05) is 6.92 Å². The number of halogens is 4. The van der Waals surface area contributed by atoms with E-state index in [1.165, 1.54) is 18.5 Å². The first-order valence-corrected chi connectivity index (χ1v) is 11.3. The first kappa shape index (κ1) is 23.0. The Labute approximate surface area is 183 Å². The molecule has 0 radical (unpaired) electrons. The Morgan fingerprint density at radius 3 is 2.61 bits per heavy atom. The quantitative estimate of drug-likeness (QED) is 0.516. The van der Waals surface area contributed by atoms with Crippen LogP contribution in [0.5, 0.6) is 0 Å². The van der Waals surface area contributed by atoms with Gasteiger partial charge in [-0.15, -0.1) is 0 Å². The average molecular weight is 520 g/mol. The fraction of sp³-hybridized carbons (Fsp3) is 0.278. The van der Waals surface area contributed by atoms with Gasteiger partial charge in [0.2, 0.25) is 5.91 Å². The fourth-order valence-corrected chi connectivity index (χ4v) is 4.48. The molecule has 0 aliphatic heterocycles. The summed E-state index contributed by atoms with van der Waals surface area (Å²) in [7, 11) is -2.29. The van der Waals surface area contributed by atoms with Crippen LogP contribution in [-0.4, -0.2) is 41.7 Å². The number of hydrogen-bond donors (Lipinski definition) is 2. The van der Waals surface area contributed by atoms with E-state index in [0.717, 1.165) is 6.07 Å². The molecular formula is C18H17BrF3N5O3S. The van der Waals surface area contributed by atoms with E-state index in [0.29, 0.717) is 16.2 Å². The van der Waals surface area contributed by atoms with Gasteiger partial charge in [0, 0.05) is 23.9 Å². The van der Waals surface area contributed by atoms with Crippen LogP contribution in [-0.2, 0) is 27.2 Å². The van der Waals surface area contributed by atoms with Crippen molar-refractivity contribution in [1.82, 2.24) is 14.6 Å². The minimum absolute atomic E-state index is 0.0107. The Morgan fingerprint density at radius 1 is 1.29 bits per heavy atom. The largest absolute Gasteiger partial charge is 0.417 e. The first-order valence-electron chi connectivity index (χ1n) is 8.90. The summed E-state index contributed by atoms with van der Waals surface area (Å²) in [6.45, 7) is 1.47. The van der Waals surface area contributed by atoms with Crippen molar-refractivity contribution in [3.63, 3.8) is 0 Å². The molecule has 3 aromatic heterocycles. The van der Waals surface area contributed by atoms with Crippen LogP contribution in [0, 0.1) is 0 Å². The van der Waals surface area contributed by atoms with E-state index >= 15 is 0 Å². The number of anilines is 2. The van der Waals surface area contributed by atoms with Gasteiger partial charge in [-0.05, 0) is 34.1 Å². The molecule has 0 fully saturated rings. The topological polar surface area (TPSA) is 105 Å². The molecule has 8 nitrogen and oxygen atoms in total. The Balaban J connectivity index is 1.99. The van der Waals surface area contributed by atoms with Crippen LogP contribution in [0.2, 0.25) is 0 Å². The van der Waals surface area contributed by atoms with E-state index in [9.17, 15) is 26.4 Å². The summed E-state index contributed by atoms with van der Waals surface area (Å²) in [5.41, 5.74) is -0.935. The van der Waals surface area contributed by atoms with E-state index in [1.54, 1.807) is 18.3 Å². The third-order valence-electron chi connectivity index (χ3n) is 4.36. The number of nitrogens with one attached hydrogen (secondary N) is 2. The molecule has 31 heavy (non-hydrogen) atoms. The molecule has 166 valence electrons. The van der Waals surface area contributed by atoms with Crippen molar-refractivity contribution in [3.05, 3.63) is 46.3 Å². The van der Waals surface area contributed by atoms with Crippen molar-refractivity contribution in [2.24, 2.45) is 0 Å². The van der Waals surface area contributed by atoms with Crippen LogP contribution in [0.15, 0.2) is 40.0 Å². The summed E-state index contributed by atoms with van der Waals surface area (Å²) in [6.07, 6.45) is -2.92. The molecule has 0 saturated heterocycles. The predicted octanol–water partition coefficient (Wildman–Crippen LogP) is 3.53. The highest BCUT2D eigenvalue weighted by molar-refractivity contribution is 9.10. The lowest BCUT2D eigenvalue weighted by Gasteiger charge is -2.13. The number of fused-ring (bicyclic) bond motifs is 1. The summed E-state index contributed by atoms with van der Waals surface area (Å²) in [4.78, 5) is 16.2. The van der Waals surface area contributed by atoms with Gasteiger partial charge in [-0.2, -0.15) is 18.3 Å². The third kappa shape index (κ3) is 4.82. The number of carbonyl (C=O) groups is 1. The number of alkyl halides is 3. The van der Waals surface area contributed by atoms with Gasteiger partial charge in [0.15, 0.2) is 9.84 Å². The molecule has 0 saturated carbocycles.